The number of amides is 2. The number of anilines is 2. The van der Waals surface area contributed by atoms with Crippen LogP contribution in [-0.2, 0) is 20.7 Å². The van der Waals surface area contributed by atoms with E-state index in [-0.39, 0.29) is 36.9 Å². The normalized spacial score (nSPS) is 13.4. The van der Waals surface area contributed by atoms with Gasteiger partial charge in [0.15, 0.2) is 0 Å². The maximum Gasteiger partial charge on any atom is 0.337 e. The molecule has 3 rings (SSSR count). The van der Waals surface area contributed by atoms with Crippen LogP contribution < -0.4 is 10.6 Å². The van der Waals surface area contributed by atoms with Crippen LogP contribution in [0.3, 0.4) is 0 Å². The molecule has 1 heterocycles. The number of aryl methyl sites for hydroxylation is 1. The Bertz CT molecular complexity index is 1030. The number of esters is 1. The van der Waals surface area contributed by atoms with Crippen molar-refractivity contribution in [2.75, 3.05) is 37.4 Å². The van der Waals surface area contributed by atoms with Gasteiger partial charge in [0.05, 0.1) is 37.1 Å². The topological polar surface area (TPSA) is 108 Å². The van der Waals surface area contributed by atoms with Crippen molar-refractivity contribution in [3.05, 3.63) is 70.9 Å². The van der Waals surface area contributed by atoms with E-state index in [1.807, 2.05) is 31.2 Å². The molecule has 2 amide bonds. The third-order valence-corrected chi connectivity index (χ3v) is 5.03. The highest BCUT2D eigenvalue weighted by atomic mass is 16.5. The summed E-state index contributed by atoms with van der Waals surface area (Å²) in [5.74, 6) is -1.43. The van der Waals surface area contributed by atoms with Crippen LogP contribution in [-0.4, -0.2) is 54.6 Å². The SMILES string of the molecule is CCc1ccccc1NC(=O)c1ccccc1NC1=C(C(=O)OC)CN(CCO)C1=O. The smallest absolute Gasteiger partial charge is 0.337 e. The van der Waals surface area contributed by atoms with E-state index in [4.69, 9.17) is 4.74 Å². The van der Waals surface area contributed by atoms with Gasteiger partial charge in [0.25, 0.3) is 11.8 Å². The lowest BCUT2D eigenvalue weighted by atomic mass is 10.1. The summed E-state index contributed by atoms with van der Waals surface area (Å²) >= 11 is 0. The molecule has 0 fully saturated rings. The number of ether oxygens (including phenoxy) is 1. The van der Waals surface area contributed by atoms with E-state index in [9.17, 15) is 19.5 Å². The molecule has 3 N–H and O–H groups in total. The van der Waals surface area contributed by atoms with Crippen LogP contribution in [0, 0.1) is 0 Å². The molecule has 2 aromatic rings. The number of methoxy groups -OCH3 is 1. The first-order valence-electron chi connectivity index (χ1n) is 9.97. The summed E-state index contributed by atoms with van der Waals surface area (Å²) in [5.41, 5.74) is 2.60. The zero-order valence-electron chi connectivity index (χ0n) is 17.5. The number of para-hydroxylation sites is 2. The Labute approximate surface area is 180 Å². The van der Waals surface area contributed by atoms with Gasteiger partial charge in [-0.3, -0.25) is 9.59 Å². The first kappa shape index (κ1) is 22.0. The quantitative estimate of drug-likeness (QED) is 0.562. The summed E-state index contributed by atoms with van der Waals surface area (Å²) in [6, 6.07) is 14.3. The van der Waals surface area contributed by atoms with Crippen molar-refractivity contribution in [2.24, 2.45) is 0 Å². The van der Waals surface area contributed by atoms with E-state index < -0.39 is 11.9 Å². The second-order valence-electron chi connectivity index (χ2n) is 6.93. The zero-order valence-corrected chi connectivity index (χ0v) is 17.5. The van der Waals surface area contributed by atoms with Gasteiger partial charge in [-0.05, 0) is 30.2 Å². The van der Waals surface area contributed by atoms with Gasteiger partial charge in [-0.2, -0.15) is 0 Å². The molecule has 0 aliphatic carbocycles. The van der Waals surface area contributed by atoms with Crippen LogP contribution in [0.5, 0.6) is 0 Å². The van der Waals surface area contributed by atoms with Crippen molar-refractivity contribution in [1.82, 2.24) is 4.90 Å². The second-order valence-corrected chi connectivity index (χ2v) is 6.93. The molecule has 0 unspecified atom stereocenters. The van der Waals surface area contributed by atoms with Crippen molar-refractivity contribution in [1.29, 1.82) is 0 Å². The van der Waals surface area contributed by atoms with Crippen molar-refractivity contribution >= 4 is 29.2 Å². The number of β-amino-alcohol motifs (C(OH)–C–C–N with tert-alkyl or cyclic N) is 1. The van der Waals surface area contributed by atoms with E-state index >= 15 is 0 Å². The first-order valence-corrected chi connectivity index (χ1v) is 9.97. The number of carbonyl (C=O) groups excluding carboxylic acids is 3. The Hall–Kier alpha value is -3.65. The molecular weight excluding hydrogens is 398 g/mol. The summed E-state index contributed by atoms with van der Waals surface area (Å²) < 4.78 is 4.80. The summed E-state index contributed by atoms with van der Waals surface area (Å²) in [6.07, 6.45) is 0.765. The standard InChI is InChI=1S/C23H25N3O5/c1-3-15-8-4-6-10-18(15)25-21(28)16-9-5-7-11-19(16)24-20-17(23(30)31-2)14-26(12-13-27)22(20)29/h4-11,24,27H,3,12-14H2,1-2H3,(H,25,28). The first-order chi connectivity index (χ1) is 15.0. The fourth-order valence-electron chi connectivity index (χ4n) is 3.41. The molecule has 0 atom stereocenters. The Morgan fingerprint density at radius 3 is 2.45 bits per heavy atom. The van der Waals surface area contributed by atoms with Gasteiger partial charge >= 0.3 is 5.97 Å². The summed E-state index contributed by atoms with van der Waals surface area (Å²) in [5, 5.41) is 15.1. The van der Waals surface area contributed by atoms with Crippen LogP contribution in [0.1, 0.15) is 22.8 Å². The maximum absolute atomic E-state index is 13.0. The molecule has 8 heteroatoms. The van der Waals surface area contributed by atoms with Crippen LogP contribution >= 0.6 is 0 Å². The molecule has 0 spiro atoms. The number of nitrogens with one attached hydrogen (secondary N) is 2. The minimum absolute atomic E-state index is 0.0205. The van der Waals surface area contributed by atoms with E-state index in [1.165, 1.54) is 12.0 Å². The third kappa shape index (κ3) is 4.75. The molecule has 0 saturated heterocycles. The Morgan fingerprint density at radius 2 is 1.77 bits per heavy atom. The van der Waals surface area contributed by atoms with Crippen LogP contribution in [0.25, 0.3) is 0 Å². The molecule has 0 radical (unpaired) electrons. The molecule has 8 nitrogen and oxygen atoms in total. The number of carbonyl (C=O) groups is 3. The van der Waals surface area contributed by atoms with E-state index in [0.29, 0.717) is 16.9 Å². The molecule has 0 saturated carbocycles. The summed E-state index contributed by atoms with van der Waals surface area (Å²) in [7, 11) is 1.23. The Kier molecular flexibility index (Phi) is 7.04. The van der Waals surface area contributed by atoms with Gasteiger partial charge in [0, 0.05) is 12.2 Å². The number of hydrogen-bond donors (Lipinski definition) is 3. The molecule has 2 aromatic carbocycles. The molecular formula is C23H25N3O5. The molecule has 0 aromatic heterocycles. The van der Waals surface area contributed by atoms with E-state index in [0.717, 1.165) is 12.0 Å². The number of benzene rings is 2. The molecule has 1 aliphatic heterocycles. The van der Waals surface area contributed by atoms with Crippen LogP contribution in [0.4, 0.5) is 11.4 Å². The minimum atomic E-state index is -0.643. The second kappa shape index (κ2) is 9.90. The highest BCUT2D eigenvalue weighted by Crippen LogP contribution is 2.26. The minimum Gasteiger partial charge on any atom is -0.466 e. The van der Waals surface area contributed by atoms with Gasteiger partial charge in [-0.25, -0.2) is 4.79 Å². The number of aliphatic hydroxyl groups excluding tert-OH is 1. The van der Waals surface area contributed by atoms with Gasteiger partial charge in [0.2, 0.25) is 0 Å². The lowest BCUT2D eigenvalue weighted by molar-refractivity contribution is -0.136. The van der Waals surface area contributed by atoms with Gasteiger partial charge in [-0.1, -0.05) is 37.3 Å². The van der Waals surface area contributed by atoms with Gasteiger partial charge in [-0.15, -0.1) is 0 Å². The molecule has 162 valence electrons. The van der Waals surface area contributed by atoms with E-state index in [2.05, 4.69) is 10.6 Å². The van der Waals surface area contributed by atoms with E-state index in [1.54, 1.807) is 24.3 Å². The van der Waals surface area contributed by atoms with Crippen molar-refractivity contribution in [2.45, 2.75) is 13.3 Å². The van der Waals surface area contributed by atoms with Gasteiger partial charge < -0.3 is 25.4 Å². The Balaban J connectivity index is 1.91. The predicted octanol–water partition coefficient (Wildman–Crippen LogP) is 2.17. The van der Waals surface area contributed by atoms with Gasteiger partial charge in [0.1, 0.15) is 5.70 Å². The monoisotopic (exact) mass is 423 g/mol. The maximum atomic E-state index is 13.0. The summed E-state index contributed by atoms with van der Waals surface area (Å²) in [6.45, 7) is 1.88. The summed E-state index contributed by atoms with van der Waals surface area (Å²) in [4.78, 5) is 39.3. The fraction of sp³-hybridized carbons (Fsp3) is 0.261. The molecule has 0 bridgehead atoms. The van der Waals surface area contributed by atoms with Crippen molar-refractivity contribution in [3.8, 4) is 0 Å². The highest BCUT2D eigenvalue weighted by molar-refractivity contribution is 6.12. The number of hydrogen-bond acceptors (Lipinski definition) is 6. The largest absolute Gasteiger partial charge is 0.466 e. The van der Waals surface area contributed by atoms with Crippen molar-refractivity contribution < 1.29 is 24.2 Å². The fourth-order valence-corrected chi connectivity index (χ4v) is 3.41. The average Bonchev–Trinajstić information content (AvgIpc) is 3.09. The predicted molar refractivity (Wildman–Crippen MR) is 117 cm³/mol. The third-order valence-electron chi connectivity index (χ3n) is 5.03. The zero-order chi connectivity index (χ0) is 22.4. The lowest BCUT2D eigenvalue weighted by Gasteiger charge is -2.16. The Morgan fingerprint density at radius 1 is 1.10 bits per heavy atom. The number of aliphatic hydroxyl groups is 1. The lowest BCUT2D eigenvalue weighted by Crippen LogP contribution is -2.31. The number of rotatable bonds is 8. The van der Waals surface area contributed by atoms with Crippen molar-refractivity contribution in [3.63, 3.8) is 0 Å². The molecule has 1 aliphatic rings. The highest BCUT2D eigenvalue weighted by Gasteiger charge is 2.34. The number of nitrogens with zero attached hydrogens (tertiary/aromatic N) is 1. The molecule has 31 heavy (non-hydrogen) atoms. The average molecular weight is 423 g/mol. The van der Waals surface area contributed by atoms with Crippen LogP contribution in [0.2, 0.25) is 0 Å². The van der Waals surface area contributed by atoms with Crippen LogP contribution in [0.15, 0.2) is 59.8 Å².